The Morgan fingerprint density at radius 3 is 2.69 bits per heavy atom. The molecule has 0 aliphatic carbocycles. The number of carbonyl (C=O) groups is 1. The number of carbonyl (C=O) groups excluding carboxylic acids is 1. The van der Waals surface area contributed by atoms with Crippen LogP contribution in [0.4, 0.5) is 0 Å². The summed E-state index contributed by atoms with van der Waals surface area (Å²) in [5, 5.41) is 11.7. The van der Waals surface area contributed by atoms with Crippen molar-refractivity contribution >= 4 is 17.7 Å². The number of benzene rings is 2. The Labute approximate surface area is 156 Å². The fraction of sp³-hybridized carbons (Fsp3) is 0.211. The number of hydrogen-bond acceptors (Lipinski definition) is 5. The van der Waals surface area contributed by atoms with Gasteiger partial charge < -0.3 is 10.1 Å². The van der Waals surface area contributed by atoms with Gasteiger partial charge in [0.15, 0.2) is 5.16 Å². The number of amides is 1. The minimum absolute atomic E-state index is 0.0393. The molecule has 1 aromatic heterocycles. The Kier molecular flexibility index (Phi) is 5.91. The molecule has 7 heteroatoms. The normalized spacial score (nSPS) is 10.5. The largest absolute Gasteiger partial charge is 0.497 e. The zero-order valence-corrected chi connectivity index (χ0v) is 15.5. The lowest BCUT2D eigenvalue weighted by Crippen LogP contribution is -2.25. The molecule has 0 spiro atoms. The minimum Gasteiger partial charge on any atom is -0.497 e. The monoisotopic (exact) mass is 368 g/mol. The molecule has 0 unspecified atom stereocenters. The molecule has 1 heterocycles. The first-order valence-electron chi connectivity index (χ1n) is 8.16. The van der Waals surface area contributed by atoms with Crippen LogP contribution in [0.3, 0.4) is 0 Å². The van der Waals surface area contributed by atoms with Crippen LogP contribution in [0.5, 0.6) is 5.75 Å². The fourth-order valence-electron chi connectivity index (χ4n) is 2.43. The first-order chi connectivity index (χ1) is 12.7. The van der Waals surface area contributed by atoms with Gasteiger partial charge in [0, 0.05) is 12.2 Å². The SMILES string of the molecule is COc1ccc(-n2cnnc2SCC(=O)NCc2ccccc2C)cc1. The van der Waals surface area contributed by atoms with Crippen LogP contribution in [0.1, 0.15) is 11.1 Å². The lowest BCUT2D eigenvalue weighted by atomic mass is 10.1. The van der Waals surface area contributed by atoms with E-state index in [9.17, 15) is 4.79 Å². The van der Waals surface area contributed by atoms with E-state index in [0.29, 0.717) is 11.7 Å². The molecule has 0 saturated heterocycles. The van der Waals surface area contributed by atoms with Gasteiger partial charge >= 0.3 is 0 Å². The van der Waals surface area contributed by atoms with E-state index < -0.39 is 0 Å². The number of ether oxygens (including phenoxy) is 1. The maximum absolute atomic E-state index is 12.1. The highest BCUT2D eigenvalue weighted by Gasteiger charge is 2.10. The van der Waals surface area contributed by atoms with Crippen molar-refractivity contribution in [3.05, 3.63) is 66.0 Å². The van der Waals surface area contributed by atoms with E-state index in [1.807, 2.05) is 60.0 Å². The number of thioether (sulfide) groups is 1. The third-order valence-electron chi connectivity index (χ3n) is 3.94. The van der Waals surface area contributed by atoms with Crippen molar-refractivity contribution in [2.45, 2.75) is 18.6 Å². The molecule has 0 fully saturated rings. The molecule has 0 aliphatic rings. The number of nitrogens with one attached hydrogen (secondary N) is 1. The van der Waals surface area contributed by atoms with Gasteiger partial charge in [0.25, 0.3) is 0 Å². The molecule has 0 atom stereocenters. The second-order valence-corrected chi connectivity index (χ2v) is 6.62. The van der Waals surface area contributed by atoms with Crippen molar-refractivity contribution in [1.82, 2.24) is 20.1 Å². The van der Waals surface area contributed by atoms with E-state index in [4.69, 9.17) is 4.74 Å². The maximum Gasteiger partial charge on any atom is 0.230 e. The highest BCUT2D eigenvalue weighted by Crippen LogP contribution is 2.21. The average Bonchev–Trinajstić information content (AvgIpc) is 3.14. The first-order valence-corrected chi connectivity index (χ1v) is 9.14. The Hall–Kier alpha value is -2.80. The van der Waals surface area contributed by atoms with E-state index >= 15 is 0 Å². The molecular formula is C19H20N4O2S. The molecule has 134 valence electrons. The standard InChI is InChI=1S/C19H20N4O2S/c1-14-5-3-4-6-15(14)11-20-18(24)12-26-19-22-21-13-23(19)16-7-9-17(25-2)10-8-16/h3-10,13H,11-12H2,1-2H3,(H,20,24). The van der Waals surface area contributed by atoms with Crippen LogP contribution in [0, 0.1) is 6.92 Å². The van der Waals surface area contributed by atoms with Gasteiger partial charge in [0.1, 0.15) is 12.1 Å². The van der Waals surface area contributed by atoms with E-state index in [2.05, 4.69) is 15.5 Å². The third kappa shape index (κ3) is 4.43. The van der Waals surface area contributed by atoms with Crippen molar-refractivity contribution in [2.75, 3.05) is 12.9 Å². The summed E-state index contributed by atoms with van der Waals surface area (Å²) in [7, 11) is 1.63. The van der Waals surface area contributed by atoms with Crippen LogP contribution in [0.15, 0.2) is 60.0 Å². The lowest BCUT2D eigenvalue weighted by molar-refractivity contribution is -0.118. The molecule has 0 radical (unpaired) electrons. The zero-order chi connectivity index (χ0) is 18.4. The number of hydrogen-bond donors (Lipinski definition) is 1. The number of aromatic nitrogens is 3. The summed E-state index contributed by atoms with van der Waals surface area (Å²) in [5.74, 6) is 1.02. The topological polar surface area (TPSA) is 69.0 Å². The highest BCUT2D eigenvalue weighted by atomic mass is 32.2. The second-order valence-electron chi connectivity index (χ2n) is 5.67. The van der Waals surface area contributed by atoms with Gasteiger partial charge in [-0.25, -0.2) is 0 Å². The van der Waals surface area contributed by atoms with E-state index in [0.717, 1.165) is 17.0 Å². The molecule has 0 aliphatic heterocycles. The van der Waals surface area contributed by atoms with Crippen LogP contribution in [0.25, 0.3) is 5.69 Å². The van der Waals surface area contributed by atoms with Gasteiger partial charge in [0.05, 0.1) is 12.9 Å². The number of rotatable bonds is 7. The molecule has 0 saturated carbocycles. The van der Waals surface area contributed by atoms with Crippen LogP contribution >= 0.6 is 11.8 Å². The molecule has 26 heavy (non-hydrogen) atoms. The Balaban J connectivity index is 1.57. The molecule has 2 aromatic carbocycles. The van der Waals surface area contributed by atoms with Gasteiger partial charge in [0.2, 0.25) is 5.91 Å². The van der Waals surface area contributed by atoms with E-state index in [1.54, 1.807) is 13.4 Å². The minimum atomic E-state index is -0.0393. The summed E-state index contributed by atoms with van der Waals surface area (Å²) in [6, 6.07) is 15.6. The smallest absolute Gasteiger partial charge is 0.230 e. The molecule has 1 amide bonds. The van der Waals surface area contributed by atoms with Crippen molar-refractivity contribution in [1.29, 1.82) is 0 Å². The summed E-state index contributed by atoms with van der Waals surface area (Å²) < 4.78 is 7.01. The summed E-state index contributed by atoms with van der Waals surface area (Å²) >= 11 is 1.35. The molecule has 0 bridgehead atoms. The molecule has 3 rings (SSSR count). The van der Waals surface area contributed by atoms with Crippen LogP contribution < -0.4 is 10.1 Å². The molecular weight excluding hydrogens is 348 g/mol. The molecule has 3 aromatic rings. The summed E-state index contributed by atoms with van der Waals surface area (Å²) in [6.45, 7) is 2.56. The van der Waals surface area contributed by atoms with Crippen molar-refractivity contribution in [3.63, 3.8) is 0 Å². The number of methoxy groups -OCH3 is 1. The molecule has 6 nitrogen and oxygen atoms in total. The van der Waals surface area contributed by atoms with Gasteiger partial charge in [-0.2, -0.15) is 0 Å². The number of nitrogens with zero attached hydrogens (tertiary/aromatic N) is 3. The Bertz CT molecular complexity index is 877. The summed E-state index contributed by atoms with van der Waals surface area (Å²) in [6.07, 6.45) is 1.63. The predicted octanol–water partition coefficient (Wildman–Crippen LogP) is 2.99. The van der Waals surface area contributed by atoms with Gasteiger partial charge in [-0.15, -0.1) is 10.2 Å². The van der Waals surface area contributed by atoms with Crippen LogP contribution in [-0.4, -0.2) is 33.5 Å². The van der Waals surface area contributed by atoms with Crippen LogP contribution in [0.2, 0.25) is 0 Å². The zero-order valence-electron chi connectivity index (χ0n) is 14.7. The lowest BCUT2D eigenvalue weighted by Gasteiger charge is -2.09. The van der Waals surface area contributed by atoms with Gasteiger partial charge in [-0.1, -0.05) is 36.0 Å². The summed E-state index contributed by atoms with van der Waals surface area (Å²) in [5.41, 5.74) is 3.20. The van der Waals surface area contributed by atoms with Gasteiger partial charge in [-0.3, -0.25) is 9.36 Å². The van der Waals surface area contributed by atoms with E-state index in [1.165, 1.54) is 17.3 Å². The Morgan fingerprint density at radius 1 is 1.19 bits per heavy atom. The summed E-state index contributed by atoms with van der Waals surface area (Å²) in [4.78, 5) is 12.1. The first kappa shape index (κ1) is 18.0. The molecule has 1 N–H and O–H groups in total. The van der Waals surface area contributed by atoms with Crippen molar-refractivity contribution < 1.29 is 9.53 Å². The maximum atomic E-state index is 12.1. The van der Waals surface area contributed by atoms with Crippen molar-refractivity contribution in [2.24, 2.45) is 0 Å². The fourth-order valence-corrected chi connectivity index (χ4v) is 3.18. The Morgan fingerprint density at radius 2 is 1.96 bits per heavy atom. The average molecular weight is 368 g/mol. The quantitative estimate of drug-likeness (QED) is 0.649. The van der Waals surface area contributed by atoms with Gasteiger partial charge in [-0.05, 0) is 42.3 Å². The second kappa shape index (κ2) is 8.53. The third-order valence-corrected chi connectivity index (χ3v) is 4.88. The van der Waals surface area contributed by atoms with E-state index in [-0.39, 0.29) is 11.7 Å². The number of aryl methyl sites for hydroxylation is 1. The highest BCUT2D eigenvalue weighted by molar-refractivity contribution is 7.99. The van der Waals surface area contributed by atoms with Crippen molar-refractivity contribution in [3.8, 4) is 11.4 Å². The van der Waals surface area contributed by atoms with Crippen LogP contribution in [-0.2, 0) is 11.3 Å². The predicted molar refractivity (Wildman–Crippen MR) is 102 cm³/mol.